The molecule has 1 aliphatic heterocycles. The fraction of sp³-hybridized carbons (Fsp3) is 0.412. The SMILES string of the molecule is Cc1nc(-c2cccs2)ccc1C(=O)N1CCC(C)CC1. The molecule has 4 heteroatoms. The van der Waals surface area contributed by atoms with Gasteiger partial charge in [0.05, 0.1) is 21.8 Å². The topological polar surface area (TPSA) is 33.2 Å². The van der Waals surface area contributed by atoms with Crippen LogP contribution in [0.2, 0.25) is 0 Å². The maximum atomic E-state index is 12.6. The predicted molar refractivity (Wildman–Crippen MR) is 86.6 cm³/mol. The highest BCUT2D eigenvalue weighted by Crippen LogP contribution is 2.25. The Kier molecular flexibility index (Phi) is 4.06. The van der Waals surface area contributed by atoms with Gasteiger partial charge in [-0.05, 0) is 49.3 Å². The first-order chi connectivity index (χ1) is 10.1. The number of aryl methyl sites for hydroxylation is 1. The molecule has 0 radical (unpaired) electrons. The summed E-state index contributed by atoms with van der Waals surface area (Å²) >= 11 is 1.67. The molecule has 0 aromatic carbocycles. The molecule has 2 aromatic rings. The second-order valence-electron chi connectivity index (χ2n) is 5.78. The first-order valence-corrected chi connectivity index (χ1v) is 8.34. The number of carbonyl (C=O) groups is 1. The smallest absolute Gasteiger partial charge is 0.255 e. The molecule has 1 amide bonds. The third kappa shape index (κ3) is 3.00. The standard InChI is InChI=1S/C17H20N2OS/c1-12-7-9-19(10-8-12)17(20)14-5-6-15(18-13(14)2)16-4-3-11-21-16/h3-6,11-12H,7-10H2,1-2H3. The Labute approximate surface area is 129 Å². The van der Waals surface area contributed by atoms with Crippen molar-refractivity contribution >= 4 is 17.2 Å². The van der Waals surface area contributed by atoms with E-state index in [4.69, 9.17) is 0 Å². The second-order valence-corrected chi connectivity index (χ2v) is 6.73. The summed E-state index contributed by atoms with van der Waals surface area (Å²) in [5.74, 6) is 0.860. The Balaban J connectivity index is 1.81. The van der Waals surface area contributed by atoms with E-state index in [1.54, 1.807) is 11.3 Å². The molecule has 1 fully saturated rings. The average molecular weight is 300 g/mol. The van der Waals surface area contributed by atoms with Gasteiger partial charge in [0, 0.05) is 13.1 Å². The summed E-state index contributed by atoms with van der Waals surface area (Å²) in [6, 6.07) is 7.96. The molecule has 0 bridgehead atoms. The minimum absolute atomic E-state index is 0.129. The summed E-state index contributed by atoms with van der Waals surface area (Å²) in [5.41, 5.74) is 2.51. The molecule has 3 heterocycles. The Hall–Kier alpha value is -1.68. The van der Waals surface area contributed by atoms with Crippen molar-refractivity contribution < 1.29 is 4.79 Å². The molecule has 1 saturated heterocycles. The van der Waals surface area contributed by atoms with Crippen molar-refractivity contribution in [3.05, 3.63) is 40.9 Å². The quantitative estimate of drug-likeness (QED) is 0.840. The first-order valence-electron chi connectivity index (χ1n) is 7.46. The molecular weight excluding hydrogens is 280 g/mol. The van der Waals surface area contributed by atoms with Crippen molar-refractivity contribution in [2.24, 2.45) is 5.92 Å². The van der Waals surface area contributed by atoms with Crippen LogP contribution in [0.15, 0.2) is 29.6 Å². The first kappa shape index (κ1) is 14.3. The summed E-state index contributed by atoms with van der Waals surface area (Å²) in [7, 11) is 0. The monoisotopic (exact) mass is 300 g/mol. The summed E-state index contributed by atoms with van der Waals surface area (Å²) in [6.07, 6.45) is 2.21. The molecule has 0 atom stereocenters. The number of hydrogen-bond acceptors (Lipinski definition) is 3. The number of likely N-dealkylation sites (tertiary alicyclic amines) is 1. The molecular formula is C17H20N2OS. The minimum atomic E-state index is 0.129. The van der Waals surface area contributed by atoms with Crippen molar-refractivity contribution in [2.45, 2.75) is 26.7 Å². The van der Waals surface area contributed by atoms with Crippen molar-refractivity contribution in [1.29, 1.82) is 0 Å². The molecule has 0 spiro atoms. The fourth-order valence-corrected chi connectivity index (χ4v) is 3.43. The molecule has 0 unspecified atom stereocenters. The maximum absolute atomic E-state index is 12.6. The van der Waals surface area contributed by atoms with Crippen LogP contribution in [0.4, 0.5) is 0 Å². The molecule has 0 N–H and O–H groups in total. The Morgan fingerprint density at radius 3 is 2.67 bits per heavy atom. The van der Waals surface area contributed by atoms with Crippen LogP contribution < -0.4 is 0 Å². The van der Waals surface area contributed by atoms with Crippen molar-refractivity contribution in [3.63, 3.8) is 0 Å². The van der Waals surface area contributed by atoms with Gasteiger partial charge in [0.25, 0.3) is 5.91 Å². The molecule has 3 nitrogen and oxygen atoms in total. The lowest BCUT2D eigenvalue weighted by Crippen LogP contribution is -2.38. The molecule has 2 aromatic heterocycles. The molecule has 3 rings (SSSR count). The van der Waals surface area contributed by atoms with Crippen LogP contribution >= 0.6 is 11.3 Å². The van der Waals surface area contributed by atoms with Gasteiger partial charge in [0.1, 0.15) is 0 Å². The van der Waals surface area contributed by atoms with Gasteiger partial charge in [-0.25, -0.2) is 0 Å². The maximum Gasteiger partial charge on any atom is 0.255 e. The zero-order valence-corrected chi connectivity index (χ0v) is 13.3. The average Bonchev–Trinajstić information content (AvgIpc) is 3.01. The minimum Gasteiger partial charge on any atom is -0.339 e. The van der Waals surface area contributed by atoms with E-state index in [0.29, 0.717) is 0 Å². The number of piperidine rings is 1. The lowest BCUT2D eigenvalue weighted by atomic mass is 9.98. The lowest BCUT2D eigenvalue weighted by Gasteiger charge is -2.30. The van der Waals surface area contributed by atoms with E-state index in [0.717, 1.165) is 53.7 Å². The number of thiophene rings is 1. The van der Waals surface area contributed by atoms with Gasteiger partial charge in [-0.15, -0.1) is 11.3 Å². The highest BCUT2D eigenvalue weighted by atomic mass is 32.1. The number of carbonyl (C=O) groups excluding carboxylic acids is 1. The van der Waals surface area contributed by atoms with Gasteiger partial charge in [-0.2, -0.15) is 0 Å². The van der Waals surface area contributed by atoms with Crippen LogP contribution in [0.3, 0.4) is 0 Å². The molecule has 110 valence electrons. The van der Waals surface area contributed by atoms with Crippen LogP contribution in [0.5, 0.6) is 0 Å². The summed E-state index contributed by atoms with van der Waals surface area (Å²) in [6.45, 7) is 5.92. The summed E-state index contributed by atoms with van der Waals surface area (Å²) < 4.78 is 0. The van der Waals surface area contributed by atoms with E-state index in [1.165, 1.54) is 0 Å². The summed E-state index contributed by atoms with van der Waals surface area (Å²) in [5, 5.41) is 2.04. The number of nitrogens with zero attached hydrogens (tertiary/aromatic N) is 2. The van der Waals surface area contributed by atoms with Crippen molar-refractivity contribution in [2.75, 3.05) is 13.1 Å². The zero-order chi connectivity index (χ0) is 14.8. The van der Waals surface area contributed by atoms with Gasteiger partial charge in [0.15, 0.2) is 0 Å². The number of pyridine rings is 1. The van der Waals surface area contributed by atoms with E-state index >= 15 is 0 Å². The van der Waals surface area contributed by atoms with Crippen LogP contribution in [-0.4, -0.2) is 28.9 Å². The largest absolute Gasteiger partial charge is 0.339 e. The third-order valence-corrected chi connectivity index (χ3v) is 5.05. The van der Waals surface area contributed by atoms with Gasteiger partial charge < -0.3 is 4.90 Å². The van der Waals surface area contributed by atoms with Crippen LogP contribution in [0.1, 0.15) is 35.8 Å². The van der Waals surface area contributed by atoms with E-state index < -0.39 is 0 Å². The van der Waals surface area contributed by atoms with Crippen LogP contribution in [0, 0.1) is 12.8 Å². The van der Waals surface area contributed by atoms with Crippen molar-refractivity contribution in [1.82, 2.24) is 9.88 Å². The lowest BCUT2D eigenvalue weighted by molar-refractivity contribution is 0.0696. The number of aromatic nitrogens is 1. The molecule has 21 heavy (non-hydrogen) atoms. The highest BCUT2D eigenvalue weighted by Gasteiger charge is 2.23. The van der Waals surface area contributed by atoms with Crippen LogP contribution in [-0.2, 0) is 0 Å². The second kappa shape index (κ2) is 5.98. The number of hydrogen-bond donors (Lipinski definition) is 0. The van der Waals surface area contributed by atoms with Gasteiger partial charge in [0.2, 0.25) is 0 Å². The van der Waals surface area contributed by atoms with E-state index in [2.05, 4.69) is 18.0 Å². The zero-order valence-electron chi connectivity index (χ0n) is 12.5. The van der Waals surface area contributed by atoms with Gasteiger partial charge >= 0.3 is 0 Å². The van der Waals surface area contributed by atoms with Gasteiger partial charge in [-0.1, -0.05) is 13.0 Å². The normalized spacial score (nSPS) is 16.2. The Morgan fingerprint density at radius 2 is 2.05 bits per heavy atom. The number of amides is 1. The fourth-order valence-electron chi connectivity index (χ4n) is 2.73. The molecule has 0 saturated carbocycles. The van der Waals surface area contributed by atoms with Crippen molar-refractivity contribution in [3.8, 4) is 10.6 Å². The van der Waals surface area contributed by atoms with E-state index in [9.17, 15) is 4.79 Å². The molecule has 0 aliphatic carbocycles. The van der Waals surface area contributed by atoms with E-state index in [1.807, 2.05) is 35.4 Å². The van der Waals surface area contributed by atoms with Gasteiger partial charge in [-0.3, -0.25) is 9.78 Å². The molecule has 1 aliphatic rings. The third-order valence-electron chi connectivity index (χ3n) is 4.16. The van der Waals surface area contributed by atoms with E-state index in [-0.39, 0.29) is 5.91 Å². The van der Waals surface area contributed by atoms with Crippen LogP contribution in [0.25, 0.3) is 10.6 Å². The highest BCUT2D eigenvalue weighted by molar-refractivity contribution is 7.13. The predicted octanol–water partition coefficient (Wildman–Crippen LogP) is 3.99. The summed E-state index contributed by atoms with van der Waals surface area (Å²) in [4.78, 5) is 20.3. The number of rotatable bonds is 2. The Bertz CT molecular complexity index is 628. The Morgan fingerprint density at radius 1 is 1.29 bits per heavy atom.